The maximum atomic E-state index is 1.20. The Morgan fingerprint density at radius 2 is 0.750 bits per heavy atom. The average Bonchev–Trinajstić information content (AvgIpc) is 1.62. The summed E-state index contributed by atoms with van der Waals surface area (Å²) in [5.74, 6) is 0. The molecule has 1 heterocycles. The van der Waals surface area contributed by atoms with Gasteiger partial charge in [0.05, 0.1) is 0 Å². The quantitative estimate of drug-likeness (QED) is 0.247. The van der Waals surface area contributed by atoms with Crippen LogP contribution in [0.25, 0.3) is 0 Å². The summed E-state index contributed by atoms with van der Waals surface area (Å²) in [4.78, 5) is 0. The van der Waals surface area contributed by atoms with Crippen molar-refractivity contribution < 1.29 is 0 Å². The second-order valence-corrected chi connectivity index (χ2v) is 119. The predicted octanol–water partition coefficient (Wildman–Crippen LogP) is -4.12. The Kier molecular flexibility index (Phi) is 10.7. The molecule has 1 aliphatic rings. The van der Waals surface area contributed by atoms with Crippen LogP contribution in [0.2, 0.25) is 0 Å². The van der Waals surface area contributed by atoms with Gasteiger partial charge in [0, 0.05) is 0 Å². The van der Waals surface area contributed by atoms with Crippen molar-refractivity contribution in [1.29, 1.82) is 0 Å². The molecule has 0 atom stereocenters. The fourth-order valence-corrected chi connectivity index (χ4v) is 718. The molecular weight excluding hydrogens is 599 g/mol. The summed E-state index contributed by atoms with van der Waals surface area (Å²) in [7, 11) is 0. The third kappa shape index (κ3) is 6.04. The van der Waals surface area contributed by atoms with E-state index in [9.17, 15) is 0 Å². The number of rotatable bonds is 0. The molecule has 0 spiro atoms. The molecule has 8 heavy (non-hydrogen) atoms. The van der Waals surface area contributed by atoms with Crippen LogP contribution in [-0.4, -0.2) is 93.0 Å². The molecular formula is H4As8-4. The van der Waals surface area contributed by atoms with Crippen molar-refractivity contribution in [1.82, 2.24) is 0 Å². The fourth-order valence-electron chi connectivity index (χ4n) is 0.189. The molecule has 8 radical (unpaired) electrons. The second kappa shape index (κ2) is 8.08. The second-order valence-electron chi connectivity index (χ2n) is 0.847. The van der Waals surface area contributed by atoms with Gasteiger partial charge in [-0.05, 0) is 0 Å². The maximum absolute atomic E-state index is 1.20. The summed E-state index contributed by atoms with van der Waals surface area (Å²) in [6, 6.07) is 0. The molecule has 48 valence electrons. The van der Waals surface area contributed by atoms with Crippen molar-refractivity contribution in [3.63, 3.8) is 0 Å². The van der Waals surface area contributed by atoms with E-state index < -0.39 is 0 Å². The molecule has 0 unspecified atom stereocenters. The topological polar surface area (TPSA) is 0 Å². The van der Waals surface area contributed by atoms with Crippen LogP contribution in [0.4, 0.5) is 0 Å². The summed E-state index contributed by atoms with van der Waals surface area (Å²) in [6.07, 6.45) is 0. The first-order chi connectivity index (χ1) is 4.00. The first-order valence-corrected chi connectivity index (χ1v) is 48.3. The first-order valence-electron chi connectivity index (χ1n) is 1.79. The van der Waals surface area contributed by atoms with Crippen LogP contribution < -0.4 is 0 Å². The van der Waals surface area contributed by atoms with Gasteiger partial charge in [-0.1, -0.05) is 0 Å². The van der Waals surface area contributed by atoms with Gasteiger partial charge in [0.25, 0.3) is 0 Å². The molecule has 1 saturated heterocycles. The van der Waals surface area contributed by atoms with Crippen LogP contribution in [0.15, 0.2) is 0 Å². The number of hydrogen-bond acceptors (Lipinski definition) is 0. The molecule has 0 amide bonds. The Morgan fingerprint density at radius 3 is 1.00 bits per heavy atom. The zero-order valence-electron chi connectivity index (χ0n) is 3.79. The average molecular weight is 603 g/mol. The van der Waals surface area contributed by atoms with Crippen molar-refractivity contribution in [2.75, 3.05) is 0 Å². The van der Waals surface area contributed by atoms with Crippen LogP contribution in [0.5, 0.6) is 0 Å². The van der Waals surface area contributed by atoms with E-state index in [-0.39, 0.29) is 0 Å². The molecule has 0 nitrogen and oxygen atoms in total. The molecule has 0 aromatic rings. The van der Waals surface area contributed by atoms with Crippen molar-refractivity contribution in [3.05, 3.63) is 0 Å². The fraction of sp³-hybridized carbons (Fsp3) is 0. The third-order valence-electron chi connectivity index (χ3n) is 0.400. The molecule has 1 fully saturated rings. The Morgan fingerprint density at radius 1 is 0.500 bits per heavy atom. The Bertz CT molecular complexity index is 24.0. The Labute approximate surface area is 90.2 Å². The number of hydrogen-bond donors (Lipinski definition) is 0. The van der Waals surface area contributed by atoms with Crippen molar-refractivity contribution >= 4 is 93.0 Å². The summed E-state index contributed by atoms with van der Waals surface area (Å²) >= 11 is 8.50. The van der Waals surface area contributed by atoms with Crippen LogP contribution >= 0.6 is 0 Å². The van der Waals surface area contributed by atoms with E-state index in [0.29, 0.717) is 0 Å². The van der Waals surface area contributed by atoms with Gasteiger partial charge in [0.15, 0.2) is 0 Å². The van der Waals surface area contributed by atoms with E-state index >= 15 is 0 Å². The molecule has 0 N–H and O–H groups in total. The van der Waals surface area contributed by atoms with Gasteiger partial charge in [0.2, 0.25) is 0 Å². The molecule has 8 heteroatoms. The van der Waals surface area contributed by atoms with Gasteiger partial charge < -0.3 is 0 Å². The Hall–Kier alpha value is 4.47. The zero-order chi connectivity index (χ0) is 5.66. The zero-order valence-corrected chi connectivity index (χ0v) is 19.7. The Balaban J connectivity index is 2.00. The normalized spacial score (nSPS) is 48.0. The molecule has 1 rings (SSSR count). The standard InChI is InChI=1S/As8H4/c1-2-4-6-8-7-5-3-1/h1,4-5,8H/q-4. The minimum absolute atomic E-state index is 0.922. The molecule has 0 saturated carbocycles. The summed E-state index contributed by atoms with van der Waals surface area (Å²) < 4.78 is 0. The third-order valence-corrected chi connectivity index (χ3v) is 292. The van der Waals surface area contributed by atoms with Gasteiger partial charge in [0.1, 0.15) is 0 Å². The van der Waals surface area contributed by atoms with E-state index in [1.807, 2.05) is 0 Å². The predicted molar refractivity (Wildman–Crippen MR) is 51.6 cm³/mol. The van der Waals surface area contributed by atoms with Gasteiger partial charge in [-0.15, -0.1) is 0 Å². The summed E-state index contributed by atoms with van der Waals surface area (Å²) in [6.45, 7) is 0. The van der Waals surface area contributed by atoms with E-state index in [2.05, 4.69) is 0 Å². The van der Waals surface area contributed by atoms with Gasteiger partial charge in [-0.2, -0.15) is 0 Å². The SMILES string of the molecule is [As]1[AsH-][As][AsH-][As][AsH-][As][AsH-]1. The van der Waals surface area contributed by atoms with Crippen LogP contribution in [0.3, 0.4) is 0 Å². The monoisotopic (exact) mass is 603 g/mol. The van der Waals surface area contributed by atoms with E-state index in [1.165, 1.54) is 46.5 Å². The summed E-state index contributed by atoms with van der Waals surface area (Å²) in [5.41, 5.74) is 0. The summed E-state index contributed by atoms with van der Waals surface area (Å²) in [5, 5.41) is 0. The first kappa shape index (κ1) is 10.5. The molecule has 1 aliphatic heterocycles. The van der Waals surface area contributed by atoms with Gasteiger partial charge >= 0.3 is 93.0 Å². The van der Waals surface area contributed by atoms with Crippen LogP contribution in [0, 0.1) is 0 Å². The molecule has 0 bridgehead atoms. The molecule has 0 aromatic carbocycles. The van der Waals surface area contributed by atoms with Crippen LogP contribution in [0.1, 0.15) is 0 Å². The van der Waals surface area contributed by atoms with Crippen molar-refractivity contribution in [2.24, 2.45) is 0 Å². The minimum atomic E-state index is 0.922. The molecule has 0 aromatic heterocycles. The van der Waals surface area contributed by atoms with Gasteiger partial charge in [-0.3, -0.25) is 0 Å². The van der Waals surface area contributed by atoms with Crippen molar-refractivity contribution in [3.8, 4) is 0 Å². The van der Waals surface area contributed by atoms with E-state index in [4.69, 9.17) is 0 Å². The van der Waals surface area contributed by atoms with E-state index in [1.54, 1.807) is 0 Å². The molecule has 0 aliphatic carbocycles. The van der Waals surface area contributed by atoms with Crippen LogP contribution in [-0.2, 0) is 0 Å². The van der Waals surface area contributed by atoms with Gasteiger partial charge in [-0.25, -0.2) is 0 Å². The van der Waals surface area contributed by atoms with E-state index in [0.717, 1.165) is 46.5 Å². The van der Waals surface area contributed by atoms with Crippen molar-refractivity contribution in [2.45, 2.75) is 0 Å².